The van der Waals surface area contributed by atoms with Gasteiger partial charge in [0.1, 0.15) is 11.5 Å². The van der Waals surface area contributed by atoms with Crippen molar-refractivity contribution in [3.63, 3.8) is 0 Å². The van der Waals surface area contributed by atoms with E-state index in [-0.39, 0.29) is 17.8 Å². The standard InChI is InChI=1S/C31H31F3N6O/c1-21-4-6-24(17-23(21)7-5-22-10-11-40-20-28(35-2)37-29(40)16-22)30(41)36-26-9-8-25(27(18-26)31(32,33)34)19-39-14-12-38(3)13-15-39/h4,6,8-11,16-18,20,35H,12-15,19H2,1-3H3,(H,36,41). The van der Waals surface area contributed by atoms with Crippen LogP contribution in [0.1, 0.15) is 38.2 Å². The molecule has 10 heteroatoms. The molecule has 41 heavy (non-hydrogen) atoms. The van der Waals surface area contributed by atoms with Gasteiger partial charge in [0.15, 0.2) is 0 Å². The summed E-state index contributed by atoms with van der Waals surface area (Å²) in [6.45, 7) is 5.14. The van der Waals surface area contributed by atoms with Crippen LogP contribution in [0.2, 0.25) is 0 Å². The Morgan fingerprint density at radius 2 is 1.80 bits per heavy atom. The lowest BCUT2D eigenvalue weighted by Gasteiger charge is -2.33. The average Bonchev–Trinajstić information content (AvgIpc) is 3.36. The third kappa shape index (κ3) is 6.70. The fraction of sp³-hybridized carbons (Fsp3) is 0.290. The lowest BCUT2D eigenvalue weighted by Crippen LogP contribution is -2.44. The molecule has 7 nitrogen and oxygen atoms in total. The first kappa shape index (κ1) is 28.2. The highest BCUT2D eigenvalue weighted by Crippen LogP contribution is 2.34. The molecule has 0 unspecified atom stereocenters. The molecule has 0 bridgehead atoms. The average molecular weight is 561 g/mol. The number of aryl methyl sites for hydroxylation is 1. The molecule has 0 aliphatic carbocycles. The maximum atomic E-state index is 14.0. The number of aromatic nitrogens is 2. The topological polar surface area (TPSA) is 64.9 Å². The van der Waals surface area contributed by atoms with Crippen LogP contribution in [-0.4, -0.2) is 65.4 Å². The summed E-state index contributed by atoms with van der Waals surface area (Å²) >= 11 is 0. The number of hydrogen-bond acceptors (Lipinski definition) is 5. The summed E-state index contributed by atoms with van der Waals surface area (Å²) in [6.07, 6.45) is -0.795. The van der Waals surface area contributed by atoms with Gasteiger partial charge in [0.2, 0.25) is 0 Å². The molecule has 1 aliphatic heterocycles. The number of nitrogens with one attached hydrogen (secondary N) is 2. The second-order valence-electron chi connectivity index (χ2n) is 10.2. The molecule has 0 saturated carbocycles. The van der Waals surface area contributed by atoms with E-state index in [2.05, 4.69) is 32.4 Å². The van der Waals surface area contributed by atoms with E-state index in [1.165, 1.54) is 12.1 Å². The Morgan fingerprint density at radius 1 is 1.02 bits per heavy atom. The van der Waals surface area contributed by atoms with Gasteiger partial charge in [0.05, 0.1) is 11.8 Å². The predicted molar refractivity (Wildman–Crippen MR) is 154 cm³/mol. The van der Waals surface area contributed by atoms with Crippen molar-refractivity contribution in [2.24, 2.45) is 0 Å². The van der Waals surface area contributed by atoms with Crippen molar-refractivity contribution < 1.29 is 18.0 Å². The highest BCUT2D eigenvalue weighted by Gasteiger charge is 2.34. The maximum absolute atomic E-state index is 14.0. The molecule has 0 atom stereocenters. The van der Waals surface area contributed by atoms with Crippen molar-refractivity contribution in [2.75, 3.05) is 50.9 Å². The molecule has 5 rings (SSSR count). The highest BCUT2D eigenvalue weighted by molar-refractivity contribution is 6.04. The quantitative estimate of drug-likeness (QED) is 0.333. The number of benzene rings is 2. The minimum atomic E-state index is -4.54. The summed E-state index contributed by atoms with van der Waals surface area (Å²) in [5.74, 6) is 6.47. The van der Waals surface area contributed by atoms with E-state index in [1.807, 2.05) is 47.8 Å². The number of pyridine rings is 1. The molecule has 212 valence electrons. The molecule has 2 aromatic heterocycles. The number of amides is 1. The number of anilines is 2. The number of hydrogen-bond donors (Lipinski definition) is 2. The first-order chi connectivity index (χ1) is 19.6. The first-order valence-electron chi connectivity index (χ1n) is 13.3. The third-order valence-electron chi connectivity index (χ3n) is 7.22. The van der Waals surface area contributed by atoms with E-state index in [9.17, 15) is 18.0 Å². The van der Waals surface area contributed by atoms with Crippen LogP contribution in [0, 0.1) is 18.8 Å². The Kier molecular flexibility index (Phi) is 8.01. The SMILES string of the molecule is CNc1cn2ccc(C#Cc3cc(C(=O)Nc4ccc(CN5CCN(C)CC5)c(C(F)(F)F)c4)ccc3C)cc2n1. The summed E-state index contributed by atoms with van der Waals surface area (Å²) in [5.41, 5.74) is 2.89. The van der Waals surface area contributed by atoms with E-state index >= 15 is 0 Å². The zero-order chi connectivity index (χ0) is 29.1. The molecular weight excluding hydrogens is 529 g/mol. The monoisotopic (exact) mass is 560 g/mol. The summed E-state index contributed by atoms with van der Waals surface area (Å²) in [4.78, 5) is 21.7. The minimum absolute atomic E-state index is 0.0894. The van der Waals surface area contributed by atoms with Crippen molar-refractivity contribution in [1.82, 2.24) is 19.2 Å². The first-order valence-corrected chi connectivity index (χ1v) is 13.3. The Hall–Kier alpha value is -4.33. The molecule has 1 amide bonds. The van der Waals surface area contributed by atoms with E-state index in [0.29, 0.717) is 24.2 Å². The molecule has 0 spiro atoms. The molecule has 1 saturated heterocycles. The normalized spacial score (nSPS) is 14.5. The number of carbonyl (C=O) groups excluding carboxylic acids is 1. The van der Waals surface area contributed by atoms with Gasteiger partial charge >= 0.3 is 6.18 Å². The summed E-state index contributed by atoms with van der Waals surface area (Å²) in [7, 11) is 3.80. The number of imidazole rings is 1. The maximum Gasteiger partial charge on any atom is 0.416 e. The molecular formula is C31H31F3N6O. The van der Waals surface area contributed by atoms with Gasteiger partial charge in [-0.05, 0) is 61.5 Å². The molecule has 2 N–H and O–H groups in total. The minimum Gasteiger partial charge on any atom is -0.372 e. The van der Waals surface area contributed by atoms with Crippen molar-refractivity contribution in [2.45, 2.75) is 19.6 Å². The Bertz CT molecular complexity index is 1640. The highest BCUT2D eigenvalue weighted by atomic mass is 19.4. The largest absolute Gasteiger partial charge is 0.416 e. The fourth-order valence-electron chi connectivity index (χ4n) is 4.72. The lowest BCUT2D eigenvalue weighted by atomic mass is 10.0. The van der Waals surface area contributed by atoms with E-state index in [4.69, 9.17) is 0 Å². The number of alkyl halides is 3. The number of likely N-dealkylation sites (N-methyl/N-ethyl adjacent to an activating group) is 1. The summed E-state index contributed by atoms with van der Waals surface area (Å²) < 4.78 is 43.8. The number of carbonyl (C=O) groups is 1. The van der Waals surface area contributed by atoms with Gasteiger partial charge in [-0.15, -0.1) is 0 Å². The number of fused-ring (bicyclic) bond motifs is 1. The molecule has 4 aromatic rings. The van der Waals surface area contributed by atoms with Crippen LogP contribution >= 0.6 is 0 Å². The Morgan fingerprint density at radius 3 is 2.54 bits per heavy atom. The van der Waals surface area contributed by atoms with E-state index < -0.39 is 17.6 Å². The second kappa shape index (κ2) is 11.6. The van der Waals surface area contributed by atoms with E-state index in [1.54, 1.807) is 25.2 Å². The van der Waals surface area contributed by atoms with Crippen molar-refractivity contribution in [1.29, 1.82) is 0 Å². The zero-order valence-electron chi connectivity index (χ0n) is 23.1. The number of halogens is 3. The van der Waals surface area contributed by atoms with Crippen LogP contribution in [0.15, 0.2) is 60.9 Å². The van der Waals surface area contributed by atoms with E-state index in [0.717, 1.165) is 41.7 Å². The summed E-state index contributed by atoms with van der Waals surface area (Å²) in [6, 6.07) is 12.8. The lowest BCUT2D eigenvalue weighted by molar-refractivity contribution is -0.138. The Balaban J connectivity index is 1.33. The smallest absolute Gasteiger partial charge is 0.372 e. The van der Waals surface area contributed by atoms with Crippen LogP contribution in [-0.2, 0) is 12.7 Å². The van der Waals surface area contributed by atoms with Crippen molar-refractivity contribution >= 4 is 23.1 Å². The van der Waals surface area contributed by atoms with Gasteiger partial charge in [-0.1, -0.05) is 24.0 Å². The molecule has 1 fully saturated rings. The second-order valence-corrected chi connectivity index (χ2v) is 10.2. The number of rotatable bonds is 5. The predicted octanol–water partition coefficient (Wildman–Crippen LogP) is 5.10. The van der Waals surface area contributed by atoms with Gasteiger partial charge in [-0.2, -0.15) is 13.2 Å². The Labute approximate surface area is 237 Å². The number of nitrogens with zero attached hydrogens (tertiary/aromatic N) is 4. The number of piperazine rings is 1. The van der Waals surface area contributed by atoms with Crippen LogP contribution in [0.25, 0.3) is 5.65 Å². The van der Waals surface area contributed by atoms with Gasteiger partial charge in [-0.25, -0.2) is 4.98 Å². The van der Waals surface area contributed by atoms with Crippen LogP contribution in [0.4, 0.5) is 24.7 Å². The summed E-state index contributed by atoms with van der Waals surface area (Å²) in [5, 5.41) is 5.63. The van der Waals surface area contributed by atoms with Crippen LogP contribution in [0.3, 0.4) is 0 Å². The fourth-order valence-corrected chi connectivity index (χ4v) is 4.72. The molecule has 0 radical (unpaired) electrons. The van der Waals surface area contributed by atoms with Gasteiger partial charge in [0.25, 0.3) is 5.91 Å². The third-order valence-corrected chi connectivity index (χ3v) is 7.22. The van der Waals surface area contributed by atoms with Crippen LogP contribution in [0.5, 0.6) is 0 Å². The van der Waals surface area contributed by atoms with Gasteiger partial charge < -0.3 is 19.9 Å². The molecule has 2 aromatic carbocycles. The molecule has 1 aliphatic rings. The molecule has 3 heterocycles. The van der Waals surface area contributed by atoms with Crippen molar-refractivity contribution in [3.05, 3.63) is 94.3 Å². The van der Waals surface area contributed by atoms with Crippen molar-refractivity contribution in [3.8, 4) is 11.8 Å². The van der Waals surface area contributed by atoms with Gasteiger partial charge in [-0.3, -0.25) is 9.69 Å². The van der Waals surface area contributed by atoms with Crippen LogP contribution < -0.4 is 10.6 Å². The zero-order valence-corrected chi connectivity index (χ0v) is 23.1. The van der Waals surface area contributed by atoms with Gasteiger partial charge in [0, 0.05) is 68.3 Å².